The van der Waals surface area contributed by atoms with E-state index in [1.807, 2.05) is 0 Å². The second-order valence-corrected chi connectivity index (χ2v) is 7.17. The molecule has 0 saturated carbocycles. The Morgan fingerprint density at radius 1 is 1.00 bits per heavy atom. The number of pyridine rings is 1. The van der Waals surface area contributed by atoms with E-state index in [0.29, 0.717) is 0 Å². The largest absolute Gasteiger partial charge is 0.741 e. The molecule has 0 atom stereocenters. The second kappa shape index (κ2) is 12.2. The first-order valence-electron chi connectivity index (χ1n) is 8.63. The highest BCUT2D eigenvalue weighted by molar-refractivity contribution is 7.86. The predicted molar refractivity (Wildman–Crippen MR) is 89.8 cm³/mol. The molecular formula is C17H28F3NO3S. The lowest BCUT2D eigenvalue weighted by atomic mass is 10.1. The van der Waals surface area contributed by atoms with Gasteiger partial charge in [0.05, 0.1) is 0 Å². The Labute approximate surface area is 148 Å². The molecule has 0 N–H and O–H groups in total. The molecule has 0 radical (unpaired) electrons. The molecule has 0 unspecified atom stereocenters. The van der Waals surface area contributed by atoms with Crippen molar-refractivity contribution in [3.05, 3.63) is 30.1 Å². The fourth-order valence-corrected chi connectivity index (χ4v) is 2.28. The number of nitrogens with zero attached hydrogens (tertiary/aromatic N) is 1. The van der Waals surface area contributed by atoms with E-state index in [1.54, 1.807) is 0 Å². The maximum Gasteiger partial charge on any atom is 0.485 e. The molecule has 25 heavy (non-hydrogen) atoms. The summed E-state index contributed by atoms with van der Waals surface area (Å²) < 4.78 is 61.3. The number of hydrogen-bond donors (Lipinski definition) is 0. The molecule has 1 heterocycles. The monoisotopic (exact) mass is 383 g/mol. The first kappa shape index (κ1) is 23.9. The van der Waals surface area contributed by atoms with Gasteiger partial charge in [-0.15, -0.1) is 0 Å². The van der Waals surface area contributed by atoms with Crippen molar-refractivity contribution >= 4 is 10.1 Å². The normalized spacial score (nSPS) is 11.8. The van der Waals surface area contributed by atoms with Crippen LogP contribution in [0.3, 0.4) is 0 Å². The van der Waals surface area contributed by atoms with Crippen molar-refractivity contribution in [2.45, 2.75) is 77.3 Å². The van der Waals surface area contributed by atoms with Gasteiger partial charge in [-0.1, -0.05) is 45.6 Å². The number of aromatic nitrogens is 1. The lowest BCUT2D eigenvalue weighted by Crippen LogP contribution is -2.37. The Balaban J connectivity index is 0.000000609. The predicted octanol–water partition coefficient (Wildman–Crippen LogP) is 4.34. The van der Waals surface area contributed by atoms with Crippen LogP contribution in [0.25, 0.3) is 0 Å². The van der Waals surface area contributed by atoms with Crippen LogP contribution in [-0.2, 0) is 23.1 Å². The highest BCUT2D eigenvalue weighted by Gasteiger charge is 2.36. The molecule has 146 valence electrons. The van der Waals surface area contributed by atoms with Crippen LogP contribution in [-0.4, -0.2) is 18.5 Å². The quantitative estimate of drug-likeness (QED) is 0.276. The van der Waals surface area contributed by atoms with Gasteiger partial charge in [-0.05, 0) is 12.8 Å². The van der Waals surface area contributed by atoms with E-state index in [1.165, 1.54) is 63.6 Å². The van der Waals surface area contributed by atoms with Gasteiger partial charge >= 0.3 is 5.51 Å². The summed E-state index contributed by atoms with van der Waals surface area (Å²) in [4.78, 5) is 0. The standard InChI is InChI=1S/C16H28N.CHF3O3S/c1-3-5-6-7-8-10-14-17-15-11-9-13-16(17)12-4-2;2-1(3,4)8(5,6)7/h9,11,13,15H,3-8,10,12,14H2,1-2H3;(H,5,6,7)/q+1;/p-1. The van der Waals surface area contributed by atoms with Gasteiger partial charge in [0.15, 0.2) is 22.0 Å². The van der Waals surface area contributed by atoms with Crippen LogP contribution in [0.5, 0.6) is 0 Å². The second-order valence-electron chi connectivity index (χ2n) is 5.80. The molecule has 1 aromatic rings. The van der Waals surface area contributed by atoms with Crippen LogP contribution in [0.15, 0.2) is 24.4 Å². The smallest absolute Gasteiger partial charge is 0.485 e. The highest BCUT2D eigenvalue weighted by atomic mass is 32.2. The minimum Gasteiger partial charge on any atom is -0.741 e. The number of aryl methyl sites for hydroxylation is 2. The molecule has 0 saturated heterocycles. The number of alkyl halides is 3. The lowest BCUT2D eigenvalue weighted by Gasteiger charge is -2.08. The van der Waals surface area contributed by atoms with E-state index < -0.39 is 15.6 Å². The average Bonchev–Trinajstić information content (AvgIpc) is 2.51. The van der Waals surface area contributed by atoms with Crippen molar-refractivity contribution in [3.63, 3.8) is 0 Å². The summed E-state index contributed by atoms with van der Waals surface area (Å²) in [6.45, 7) is 5.72. The van der Waals surface area contributed by atoms with Crippen LogP contribution in [0, 0.1) is 0 Å². The van der Waals surface area contributed by atoms with Crippen molar-refractivity contribution in [2.24, 2.45) is 0 Å². The zero-order valence-corrected chi connectivity index (χ0v) is 15.7. The molecule has 0 fully saturated rings. The fraction of sp³-hybridized carbons (Fsp3) is 0.706. The van der Waals surface area contributed by atoms with Crippen LogP contribution in [0.1, 0.15) is 64.5 Å². The third kappa shape index (κ3) is 11.1. The zero-order valence-electron chi connectivity index (χ0n) is 14.9. The molecule has 0 spiro atoms. The number of rotatable bonds is 9. The maximum atomic E-state index is 10.7. The zero-order chi connectivity index (χ0) is 19.3. The molecule has 0 bridgehead atoms. The van der Waals surface area contributed by atoms with E-state index in [2.05, 4.69) is 42.8 Å². The molecule has 4 nitrogen and oxygen atoms in total. The number of hydrogen-bond acceptors (Lipinski definition) is 3. The summed E-state index contributed by atoms with van der Waals surface area (Å²) >= 11 is 0. The van der Waals surface area contributed by atoms with Crippen molar-refractivity contribution in [1.29, 1.82) is 0 Å². The number of unbranched alkanes of at least 4 members (excludes halogenated alkanes) is 5. The van der Waals surface area contributed by atoms with Crippen molar-refractivity contribution in [2.75, 3.05) is 0 Å². The highest BCUT2D eigenvalue weighted by Crippen LogP contribution is 2.20. The van der Waals surface area contributed by atoms with Crippen LogP contribution >= 0.6 is 0 Å². The van der Waals surface area contributed by atoms with Crippen LogP contribution in [0.2, 0.25) is 0 Å². The molecule has 1 aromatic heterocycles. The van der Waals surface area contributed by atoms with Gasteiger partial charge in [0.25, 0.3) is 0 Å². The van der Waals surface area contributed by atoms with Gasteiger partial charge in [0.2, 0.25) is 0 Å². The minimum atomic E-state index is -6.09. The maximum absolute atomic E-state index is 10.7. The SMILES string of the molecule is CCCCCCCC[n+]1ccccc1CCC.O=S(=O)([O-])C(F)(F)F. The number of halogens is 3. The topological polar surface area (TPSA) is 61.1 Å². The molecule has 0 aliphatic rings. The van der Waals surface area contributed by atoms with E-state index >= 15 is 0 Å². The van der Waals surface area contributed by atoms with Crippen LogP contribution < -0.4 is 4.57 Å². The fourth-order valence-electron chi connectivity index (χ4n) is 2.28. The summed E-state index contributed by atoms with van der Waals surface area (Å²) in [6, 6.07) is 6.57. The average molecular weight is 383 g/mol. The van der Waals surface area contributed by atoms with E-state index in [-0.39, 0.29) is 0 Å². The van der Waals surface area contributed by atoms with E-state index in [4.69, 9.17) is 13.0 Å². The van der Waals surface area contributed by atoms with E-state index in [9.17, 15) is 13.2 Å². The van der Waals surface area contributed by atoms with Gasteiger partial charge in [0, 0.05) is 25.0 Å². The Hall–Kier alpha value is -1.15. The molecule has 0 aliphatic heterocycles. The van der Waals surface area contributed by atoms with Gasteiger partial charge in [-0.25, -0.2) is 13.0 Å². The summed E-state index contributed by atoms with van der Waals surface area (Å²) in [7, 11) is -6.09. The van der Waals surface area contributed by atoms with Crippen LogP contribution in [0.4, 0.5) is 13.2 Å². The van der Waals surface area contributed by atoms with Gasteiger partial charge in [-0.2, -0.15) is 13.2 Å². The van der Waals surface area contributed by atoms with Gasteiger partial charge in [-0.3, -0.25) is 0 Å². The summed E-state index contributed by atoms with van der Waals surface area (Å²) in [5, 5.41) is 0. The molecule has 0 aromatic carbocycles. The van der Waals surface area contributed by atoms with Crippen molar-refractivity contribution in [1.82, 2.24) is 0 Å². The molecule has 8 heteroatoms. The van der Waals surface area contributed by atoms with Crippen molar-refractivity contribution < 1.29 is 30.7 Å². The third-order valence-corrected chi connectivity index (χ3v) is 4.14. The van der Waals surface area contributed by atoms with Gasteiger partial charge in [0.1, 0.15) is 6.54 Å². The Bertz CT molecular complexity index is 575. The Morgan fingerprint density at radius 2 is 1.56 bits per heavy atom. The third-order valence-electron chi connectivity index (χ3n) is 3.58. The summed E-state index contributed by atoms with van der Waals surface area (Å²) in [5.41, 5.74) is -4.16. The molecule has 0 aliphatic carbocycles. The lowest BCUT2D eigenvalue weighted by molar-refractivity contribution is -0.704. The first-order chi connectivity index (χ1) is 11.6. The Kier molecular flexibility index (Phi) is 11.7. The van der Waals surface area contributed by atoms with Crippen molar-refractivity contribution in [3.8, 4) is 0 Å². The molecular weight excluding hydrogens is 355 g/mol. The van der Waals surface area contributed by atoms with Gasteiger partial charge < -0.3 is 4.55 Å². The van der Waals surface area contributed by atoms with E-state index in [0.717, 1.165) is 0 Å². The Morgan fingerprint density at radius 3 is 2.08 bits per heavy atom. The summed E-state index contributed by atoms with van der Waals surface area (Å²) in [5.74, 6) is 0. The molecule has 0 amide bonds. The first-order valence-corrected chi connectivity index (χ1v) is 10.0. The minimum absolute atomic E-state index is 1.20. The molecule has 1 rings (SSSR count). The summed E-state index contributed by atoms with van der Waals surface area (Å²) in [6.07, 6.45) is 13.0.